The zero-order chi connectivity index (χ0) is 14.3. The van der Waals surface area contributed by atoms with E-state index in [9.17, 15) is 9.50 Å². The highest BCUT2D eigenvalue weighted by molar-refractivity contribution is 9.10. The molecule has 0 bridgehead atoms. The van der Waals surface area contributed by atoms with Gasteiger partial charge in [0.05, 0.1) is 11.1 Å². The van der Waals surface area contributed by atoms with E-state index in [1.807, 2.05) is 18.2 Å². The molecule has 2 atom stereocenters. The van der Waals surface area contributed by atoms with E-state index in [4.69, 9.17) is 11.6 Å². The minimum Gasteiger partial charge on any atom is -0.388 e. The van der Waals surface area contributed by atoms with E-state index in [2.05, 4.69) is 22.0 Å². The number of hydrogen-bond acceptors (Lipinski definition) is 1. The van der Waals surface area contributed by atoms with Crippen LogP contribution in [0.2, 0.25) is 5.02 Å². The van der Waals surface area contributed by atoms with Gasteiger partial charge in [0, 0.05) is 16.0 Å². The Labute approximate surface area is 130 Å². The molecule has 20 heavy (non-hydrogen) atoms. The van der Waals surface area contributed by atoms with Gasteiger partial charge in [0.2, 0.25) is 0 Å². The number of aryl methyl sites for hydroxylation is 1. The molecule has 0 saturated carbocycles. The Morgan fingerprint density at radius 3 is 2.80 bits per heavy atom. The summed E-state index contributed by atoms with van der Waals surface area (Å²) >= 11 is 9.09. The van der Waals surface area contributed by atoms with Crippen LogP contribution in [0.15, 0.2) is 40.9 Å². The lowest BCUT2D eigenvalue weighted by atomic mass is 9.90. The molecule has 2 aromatic carbocycles. The zero-order valence-corrected chi connectivity index (χ0v) is 13.0. The molecule has 1 N–H and O–H groups in total. The molecule has 0 radical (unpaired) electrons. The molecule has 0 spiro atoms. The van der Waals surface area contributed by atoms with Crippen LogP contribution in [0.3, 0.4) is 0 Å². The van der Waals surface area contributed by atoms with Crippen LogP contribution in [-0.2, 0) is 6.42 Å². The molecule has 0 amide bonds. The number of hydrogen-bond donors (Lipinski definition) is 1. The van der Waals surface area contributed by atoms with Crippen molar-refractivity contribution in [1.29, 1.82) is 0 Å². The first-order chi connectivity index (χ1) is 9.59. The fraction of sp³-hybridized carbons (Fsp3) is 0.250. The van der Waals surface area contributed by atoms with Crippen LogP contribution < -0.4 is 0 Å². The molecule has 0 heterocycles. The lowest BCUT2D eigenvalue weighted by Crippen LogP contribution is -2.10. The Kier molecular flexibility index (Phi) is 3.85. The number of aliphatic hydroxyl groups excluding tert-OH is 1. The summed E-state index contributed by atoms with van der Waals surface area (Å²) in [6.07, 6.45) is 0.876. The molecule has 104 valence electrons. The van der Waals surface area contributed by atoms with E-state index in [1.54, 1.807) is 12.1 Å². The van der Waals surface area contributed by atoms with Crippen molar-refractivity contribution >= 4 is 27.5 Å². The maximum Gasteiger partial charge on any atom is 0.148 e. The summed E-state index contributed by atoms with van der Waals surface area (Å²) in [6, 6.07) is 11.3. The van der Waals surface area contributed by atoms with Crippen LogP contribution in [-0.4, -0.2) is 5.11 Å². The first kappa shape index (κ1) is 14.1. The summed E-state index contributed by atoms with van der Waals surface area (Å²) in [7, 11) is 0. The molecular weight excluding hydrogens is 343 g/mol. The number of halogens is 3. The molecule has 0 saturated heterocycles. The normalized spacial score (nSPS) is 18.9. The summed E-state index contributed by atoms with van der Waals surface area (Å²) in [5.74, 6) is -0.615. The molecule has 2 aromatic rings. The van der Waals surface area contributed by atoms with E-state index in [0.717, 1.165) is 18.4 Å². The third-order valence-electron chi connectivity index (χ3n) is 3.94. The van der Waals surface area contributed by atoms with Gasteiger partial charge in [-0.3, -0.25) is 0 Å². The number of fused-ring (bicyclic) bond motifs is 1. The van der Waals surface area contributed by atoms with Gasteiger partial charge in [-0.25, -0.2) is 4.39 Å². The maximum atomic E-state index is 14.2. The van der Waals surface area contributed by atoms with Crippen LogP contribution >= 0.6 is 27.5 Å². The van der Waals surface area contributed by atoms with Gasteiger partial charge < -0.3 is 5.11 Å². The first-order valence-electron chi connectivity index (χ1n) is 6.49. The molecular formula is C16H13BrClFO. The molecule has 1 aliphatic carbocycles. The summed E-state index contributed by atoms with van der Waals surface area (Å²) in [6.45, 7) is 0. The standard InChI is InChI=1S/C16H13BrClFO/c17-13-8-7-12(15(19)14(13)18)16(20)11-6-5-9-3-1-2-4-10(9)11/h1-4,7-8,11,16,20H,5-6H2. The molecule has 0 aliphatic heterocycles. The van der Waals surface area contributed by atoms with Crippen molar-refractivity contribution in [2.24, 2.45) is 0 Å². The predicted octanol–water partition coefficient (Wildman–Crippen LogP) is 5.01. The van der Waals surface area contributed by atoms with Gasteiger partial charge in [-0.2, -0.15) is 0 Å². The zero-order valence-electron chi connectivity index (χ0n) is 10.6. The SMILES string of the molecule is OC(c1ccc(Br)c(Cl)c1F)C1CCc2ccccc21. The summed E-state index contributed by atoms with van der Waals surface area (Å²) in [4.78, 5) is 0. The molecule has 0 aromatic heterocycles. The smallest absolute Gasteiger partial charge is 0.148 e. The minimum absolute atomic E-state index is 0.0211. The van der Waals surface area contributed by atoms with Crippen LogP contribution in [0.5, 0.6) is 0 Å². The summed E-state index contributed by atoms with van der Waals surface area (Å²) in [5.41, 5.74) is 2.61. The van der Waals surface area contributed by atoms with Gasteiger partial charge in [-0.1, -0.05) is 41.9 Å². The highest BCUT2D eigenvalue weighted by Crippen LogP contribution is 2.43. The van der Waals surface area contributed by atoms with E-state index in [0.29, 0.717) is 4.47 Å². The Hall–Kier alpha value is -0.900. The Bertz CT molecular complexity index is 659. The van der Waals surface area contributed by atoms with Gasteiger partial charge in [0.1, 0.15) is 5.82 Å². The fourth-order valence-electron chi connectivity index (χ4n) is 2.90. The minimum atomic E-state index is -0.871. The van der Waals surface area contributed by atoms with Crippen LogP contribution in [0, 0.1) is 5.82 Å². The van der Waals surface area contributed by atoms with Crippen LogP contribution in [0.25, 0.3) is 0 Å². The molecule has 3 rings (SSSR count). The third-order valence-corrected chi connectivity index (χ3v) is 5.20. The average molecular weight is 356 g/mol. The van der Waals surface area contributed by atoms with E-state index >= 15 is 0 Å². The number of benzene rings is 2. The third kappa shape index (κ3) is 2.28. The van der Waals surface area contributed by atoms with E-state index < -0.39 is 11.9 Å². The van der Waals surface area contributed by atoms with Gasteiger partial charge in [-0.15, -0.1) is 0 Å². The Morgan fingerprint density at radius 2 is 2.00 bits per heavy atom. The van der Waals surface area contributed by atoms with Crippen molar-refractivity contribution in [3.63, 3.8) is 0 Å². The van der Waals surface area contributed by atoms with Crippen molar-refractivity contribution in [2.75, 3.05) is 0 Å². The lowest BCUT2D eigenvalue weighted by Gasteiger charge is -2.20. The maximum absolute atomic E-state index is 14.2. The predicted molar refractivity (Wildman–Crippen MR) is 81.6 cm³/mol. The highest BCUT2D eigenvalue weighted by Gasteiger charge is 2.31. The number of rotatable bonds is 2. The van der Waals surface area contributed by atoms with Crippen molar-refractivity contribution in [1.82, 2.24) is 0 Å². The van der Waals surface area contributed by atoms with Crippen LogP contribution in [0.1, 0.15) is 35.1 Å². The highest BCUT2D eigenvalue weighted by atomic mass is 79.9. The monoisotopic (exact) mass is 354 g/mol. The van der Waals surface area contributed by atoms with Crippen molar-refractivity contribution < 1.29 is 9.50 Å². The van der Waals surface area contributed by atoms with Crippen molar-refractivity contribution in [2.45, 2.75) is 24.9 Å². The molecule has 1 nitrogen and oxygen atoms in total. The van der Waals surface area contributed by atoms with E-state index in [-0.39, 0.29) is 16.5 Å². The Balaban J connectivity index is 1.99. The second-order valence-electron chi connectivity index (χ2n) is 5.05. The topological polar surface area (TPSA) is 20.2 Å². The summed E-state index contributed by atoms with van der Waals surface area (Å²) in [5, 5.41) is 10.6. The molecule has 4 heteroatoms. The fourth-order valence-corrected chi connectivity index (χ4v) is 3.38. The van der Waals surface area contributed by atoms with E-state index in [1.165, 1.54) is 5.56 Å². The van der Waals surface area contributed by atoms with Gasteiger partial charge >= 0.3 is 0 Å². The second kappa shape index (κ2) is 5.47. The van der Waals surface area contributed by atoms with Crippen molar-refractivity contribution in [3.05, 3.63) is 68.4 Å². The summed E-state index contributed by atoms with van der Waals surface area (Å²) < 4.78 is 14.7. The molecule has 2 unspecified atom stereocenters. The largest absolute Gasteiger partial charge is 0.388 e. The quantitative estimate of drug-likeness (QED) is 0.751. The van der Waals surface area contributed by atoms with Gasteiger partial charge in [-0.05, 0) is 46.0 Å². The first-order valence-corrected chi connectivity index (χ1v) is 7.66. The molecule has 1 aliphatic rings. The Morgan fingerprint density at radius 1 is 1.25 bits per heavy atom. The second-order valence-corrected chi connectivity index (χ2v) is 6.29. The average Bonchev–Trinajstić information content (AvgIpc) is 2.88. The lowest BCUT2D eigenvalue weighted by molar-refractivity contribution is 0.140. The van der Waals surface area contributed by atoms with Gasteiger partial charge in [0.25, 0.3) is 0 Å². The van der Waals surface area contributed by atoms with Crippen LogP contribution in [0.4, 0.5) is 4.39 Å². The molecule has 0 fully saturated rings. The van der Waals surface area contributed by atoms with Gasteiger partial charge in [0.15, 0.2) is 0 Å². The number of aliphatic hydroxyl groups is 1. The van der Waals surface area contributed by atoms with Crippen molar-refractivity contribution in [3.8, 4) is 0 Å².